The number of carboxylic acid groups (broad SMARTS) is 1. The number of benzene rings is 2. The van der Waals surface area contributed by atoms with Crippen molar-refractivity contribution in [1.29, 1.82) is 0 Å². The lowest BCUT2D eigenvalue weighted by atomic mass is 9.81. The zero-order valence-corrected chi connectivity index (χ0v) is 24.0. The molecule has 2 aromatic carbocycles. The molecule has 226 valence electrons. The smallest absolute Gasteiger partial charge is 0.407 e. The van der Waals surface area contributed by atoms with E-state index >= 15 is 0 Å². The summed E-state index contributed by atoms with van der Waals surface area (Å²) in [5, 5.41) is 14.3. The fourth-order valence-electron chi connectivity index (χ4n) is 5.82. The highest BCUT2D eigenvalue weighted by Crippen LogP contribution is 2.38. The van der Waals surface area contributed by atoms with E-state index in [1.807, 2.05) is 30.3 Å². The van der Waals surface area contributed by atoms with Crippen LogP contribution in [0.5, 0.6) is 0 Å². The number of anilines is 1. The number of alkyl carbamates (subject to hydrolysis) is 1. The largest absolute Gasteiger partial charge is 0.478 e. The molecule has 1 aliphatic carbocycles. The SMILES string of the molecule is CC(C)(C)OC(=O)NCC1CCC(C(=O)N2CC[C@H](c3ccccc3)[C@H]2C(=O)Nc2cc(F)c(C(=O)O)cc2F)CC1. The van der Waals surface area contributed by atoms with Crippen molar-refractivity contribution in [2.24, 2.45) is 11.8 Å². The van der Waals surface area contributed by atoms with Crippen molar-refractivity contribution in [1.82, 2.24) is 10.2 Å². The summed E-state index contributed by atoms with van der Waals surface area (Å²) >= 11 is 0. The van der Waals surface area contributed by atoms with Gasteiger partial charge in [0, 0.05) is 31.0 Å². The second-order valence-corrected chi connectivity index (χ2v) is 12.0. The highest BCUT2D eigenvalue weighted by Gasteiger charge is 2.44. The number of hydrogen-bond acceptors (Lipinski definition) is 5. The minimum atomic E-state index is -1.63. The molecule has 3 N–H and O–H groups in total. The maximum Gasteiger partial charge on any atom is 0.407 e. The molecule has 0 radical (unpaired) electrons. The van der Waals surface area contributed by atoms with E-state index in [1.165, 1.54) is 4.90 Å². The highest BCUT2D eigenvalue weighted by molar-refractivity contribution is 5.99. The number of aromatic carboxylic acids is 1. The summed E-state index contributed by atoms with van der Waals surface area (Å²) in [7, 11) is 0. The number of amides is 3. The van der Waals surface area contributed by atoms with Gasteiger partial charge in [-0.2, -0.15) is 0 Å². The Morgan fingerprint density at radius 1 is 0.976 bits per heavy atom. The average Bonchev–Trinajstić information content (AvgIpc) is 3.38. The zero-order chi connectivity index (χ0) is 30.6. The van der Waals surface area contributed by atoms with Crippen LogP contribution in [-0.2, 0) is 14.3 Å². The van der Waals surface area contributed by atoms with Crippen LogP contribution in [0.1, 0.15) is 74.7 Å². The normalized spacial score (nSPS) is 22.4. The number of likely N-dealkylation sites (tertiary alicyclic amines) is 1. The summed E-state index contributed by atoms with van der Waals surface area (Å²) in [6.07, 6.45) is 2.66. The van der Waals surface area contributed by atoms with Gasteiger partial charge in [-0.05, 0) is 70.4 Å². The second kappa shape index (κ2) is 12.9. The Balaban J connectivity index is 1.46. The number of halogens is 2. The van der Waals surface area contributed by atoms with E-state index in [1.54, 1.807) is 20.8 Å². The Kier molecular flexibility index (Phi) is 9.48. The molecule has 2 aliphatic rings. The number of nitrogens with zero attached hydrogens (tertiary/aromatic N) is 1. The Morgan fingerprint density at radius 2 is 1.64 bits per heavy atom. The summed E-state index contributed by atoms with van der Waals surface area (Å²) in [6, 6.07) is 9.44. The molecule has 0 bridgehead atoms. The summed E-state index contributed by atoms with van der Waals surface area (Å²) in [6.45, 7) is 6.15. The quantitative estimate of drug-likeness (QED) is 0.404. The van der Waals surface area contributed by atoms with Gasteiger partial charge in [0.25, 0.3) is 0 Å². The van der Waals surface area contributed by atoms with Crippen LogP contribution in [0.25, 0.3) is 0 Å². The van der Waals surface area contributed by atoms with Crippen LogP contribution in [0.3, 0.4) is 0 Å². The van der Waals surface area contributed by atoms with Gasteiger partial charge in [-0.3, -0.25) is 9.59 Å². The fourth-order valence-corrected chi connectivity index (χ4v) is 5.82. The fraction of sp³-hybridized carbons (Fsp3) is 0.484. The van der Waals surface area contributed by atoms with Crippen LogP contribution in [0.15, 0.2) is 42.5 Å². The number of ether oxygens (including phenoxy) is 1. The zero-order valence-electron chi connectivity index (χ0n) is 24.0. The minimum Gasteiger partial charge on any atom is -0.478 e. The standard InChI is InChI=1S/C31H37F2N3O6/c1-31(2,3)42-30(41)34-17-18-9-11-20(12-10-18)28(38)36-14-13-21(19-7-5-4-6-8-19)26(36)27(37)35-25-16-23(32)22(29(39)40)15-24(25)33/h4-8,15-16,18,20-21,26H,9-14,17H2,1-3H3,(H,34,41)(H,35,37)(H,39,40)/t18?,20?,21-,26+/m1/s1. The van der Waals surface area contributed by atoms with E-state index in [4.69, 9.17) is 9.84 Å². The highest BCUT2D eigenvalue weighted by atomic mass is 19.1. The van der Waals surface area contributed by atoms with Crippen LogP contribution in [0.4, 0.5) is 19.3 Å². The van der Waals surface area contributed by atoms with Gasteiger partial charge in [0.1, 0.15) is 23.3 Å². The van der Waals surface area contributed by atoms with Gasteiger partial charge in [-0.25, -0.2) is 18.4 Å². The number of carboxylic acids is 1. The van der Waals surface area contributed by atoms with Gasteiger partial charge in [0.15, 0.2) is 0 Å². The van der Waals surface area contributed by atoms with Gasteiger partial charge in [0.05, 0.1) is 11.3 Å². The first kappa shape index (κ1) is 30.9. The summed E-state index contributed by atoms with van der Waals surface area (Å²) in [4.78, 5) is 52.1. The first-order valence-electron chi connectivity index (χ1n) is 14.2. The number of hydrogen-bond donors (Lipinski definition) is 3. The lowest BCUT2D eigenvalue weighted by molar-refractivity contribution is -0.141. The minimum absolute atomic E-state index is 0.167. The van der Waals surface area contributed by atoms with E-state index in [-0.39, 0.29) is 23.7 Å². The Bertz CT molecular complexity index is 1320. The molecule has 0 aromatic heterocycles. The maximum absolute atomic E-state index is 14.7. The van der Waals surface area contributed by atoms with Crippen LogP contribution in [0, 0.1) is 23.5 Å². The lowest BCUT2D eigenvalue weighted by Gasteiger charge is -2.34. The third kappa shape index (κ3) is 7.43. The van der Waals surface area contributed by atoms with Crippen LogP contribution < -0.4 is 10.6 Å². The topological polar surface area (TPSA) is 125 Å². The molecule has 4 rings (SSSR count). The number of nitrogens with one attached hydrogen (secondary N) is 2. The maximum atomic E-state index is 14.7. The number of carbonyl (C=O) groups excluding carboxylic acids is 3. The third-order valence-electron chi connectivity index (χ3n) is 7.85. The molecule has 2 fully saturated rings. The van der Waals surface area contributed by atoms with Crippen molar-refractivity contribution in [3.05, 3.63) is 65.2 Å². The van der Waals surface area contributed by atoms with Gasteiger partial charge in [0.2, 0.25) is 11.8 Å². The molecule has 2 aromatic rings. The molecule has 1 heterocycles. The van der Waals surface area contributed by atoms with E-state index in [0.29, 0.717) is 44.5 Å². The first-order valence-corrected chi connectivity index (χ1v) is 14.2. The molecular weight excluding hydrogens is 548 g/mol. The van der Waals surface area contributed by atoms with E-state index < -0.39 is 52.5 Å². The average molecular weight is 586 g/mol. The Morgan fingerprint density at radius 3 is 2.26 bits per heavy atom. The molecular formula is C31H37F2N3O6. The van der Waals surface area contributed by atoms with Crippen LogP contribution >= 0.6 is 0 Å². The molecule has 0 spiro atoms. The Hall–Kier alpha value is -4.02. The van der Waals surface area contributed by atoms with Crippen molar-refractivity contribution in [2.45, 2.75) is 70.4 Å². The molecule has 1 saturated heterocycles. The predicted octanol–water partition coefficient (Wildman–Crippen LogP) is 5.32. The monoisotopic (exact) mass is 585 g/mol. The van der Waals surface area contributed by atoms with Gasteiger partial charge in [-0.15, -0.1) is 0 Å². The molecule has 9 nitrogen and oxygen atoms in total. The van der Waals surface area contributed by atoms with E-state index in [2.05, 4.69) is 10.6 Å². The number of carbonyl (C=O) groups is 4. The van der Waals surface area contributed by atoms with Crippen molar-refractivity contribution < 1.29 is 37.8 Å². The third-order valence-corrected chi connectivity index (χ3v) is 7.85. The van der Waals surface area contributed by atoms with Crippen LogP contribution in [0.2, 0.25) is 0 Å². The van der Waals surface area contributed by atoms with E-state index in [9.17, 15) is 28.0 Å². The Labute approximate surface area is 243 Å². The summed E-state index contributed by atoms with van der Waals surface area (Å²) in [5.74, 6) is -5.22. The number of rotatable bonds is 7. The molecule has 1 saturated carbocycles. The van der Waals surface area contributed by atoms with Crippen molar-refractivity contribution in [2.75, 3.05) is 18.4 Å². The van der Waals surface area contributed by atoms with Crippen molar-refractivity contribution >= 4 is 29.6 Å². The first-order chi connectivity index (χ1) is 19.8. The molecule has 3 amide bonds. The van der Waals surface area contributed by atoms with E-state index in [0.717, 1.165) is 18.4 Å². The van der Waals surface area contributed by atoms with Crippen LogP contribution in [-0.4, -0.2) is 58.6 Å². The summed E-state index contributed by atoms with van der Waals surface area (Å²) < 4.78 is 34.3. The molecule has 11 heteroatoms. The predicted molar refractivity (Wildman–Crippen MR) is 151 cm³/mol. The molecule has 0 unspecified atom stereocenters. The van der Waals surface area contributed by atoms with Crippen molar-refractivity contribution in [3.8, 4) is 0 Å². The van der Waals surface area contributed by atoms with Crippen molar-refractivity contribution in [3.63, 3.8) is 0 Å². The lowest BCUT2D eigenvalue weighted by Crippen LogP contribution is -2.48. The molecule has 1 aliphatic heterocycles. The summed E-state index contributed by atoms with van der Waals surface area (Å²) in [5.41, 5.74) is -1.08. The van der Waals surface area contributed by atoms with Gasteiger partial charge < -0.3 is 25.4 Å². The molecule has 2 atom stereocenters. The second-order valence-electron chi connectivity index (χ2n) is 12.0. The van der Waals surface area contributed by atoms with Gasteiger partial charge >= 0.3 is 12.1 Å². The van der Waals surface area contributed by atoms with Gasteiger partial charge in [-0.1, -0.05) is 30.3 Å². The molecule has 42 heavy (non-hydrogen) atoms.